The molecule has 1 fully saturated rings. The maximum atomic E-state index is 11.9. The number of nitriles is 1. The van der Waals surface area contributed by atoms with Crippen LogP contribution in [0.4, 0.5) is 0 Å². The molecule has 1 aliphatic carbocycles. The summed E-state index contributed by atoms with van der Waals surface area (Å²) in [5.41, 5.74) is 5.44. The molecule has 1 aliphatic rings. The molecule has 0 aliphatic heterocycles. The minimum absolute atomic E-state index is 0.0155. The fourth-order valence-electron chi connectivity index (χ4n) is 2.30. The monoisotopic (exact) mass is 250 g/mol. The first-order valence-electron chi connectivity index (χ1n) is 5.44. The maximum Gasteiger partial charge on any atom is 0.156 e. The lowest BCUT2D eigenvalue weighted by Gasteiger charge is -1.99. The Morgan fingerprint density at radius 1 is 1.41 bits per heavy atom. The fraction of sp³-hybridized carbons (Fsp3) is 0.417. The number of nitrogens with zero attached hydrogens (tertiary/aromatic N) is 1. The summed E-state index contributed by atoms with van der Waals surface area (Å²) >= 11 is 0. The lowest BCUT2D eigenvalue weighted by atomic mass is 10.1. The van der Waals surface area contributed by atoms with Crippen LogP contribution in [-0.2, 0) is 9.84 Å². The second-order valence-electron chi connectivity index (χ2n) is 4.31. The molecule has 2 rings (SSSR count). The van der Waals surface area contributed by atoms with E-state index >= 15 is 0 Å². The standard InChI is InChI=1S/C12H14N2O2S/c1-2-17(15,16)11-10(12(11,14)8-13)9-6-4-3-5-7-9/h3-7,10-11H,2,14H2,1H3/t10-,11+,12-/m0/s1. The Morgan fingerprint density at radius 3 is 2.47 bits per heavy atom. The van der Waals surface area contributed by atoms with Gasteiger partial charge in [0.05, 0.1) is 6.07 Å². The summed E-state index contributed by atoms with van der Waals surface area (Å²) < 4.78 is 23.8. The number of nitrogens with two attached hydrogens (primary N) is 1. The van der Waals surface area contributed by atoms with Crippen LogP contribution < -0.4 is 5.73 Å². The molecule has 0 bridgehead atoms. The number of sulfone groups is 1. The van der Waals surface area contributed by atoms with Crippen molar-refractivity contribution in [3.8, 4) is 6.07 Å². The van der Waals surface area contributed by atoms with Gasteiger partial charge in [0.15, 0.2) is 9.84 Å². The SMILES string of the molecule is CCS(=O)(=O)[C@@H]1[C@H](c2ccccc2)[C@@]1(N)C#N. The van der Waals surface area contributed by atoms with Crippen molar-refractivity contribution < 1.29 is 8.42 Å². The highest BCUT2D eigenvalue weighted by atomic mass is 32.2. The number of benzene rings is 1. The highest BCUT2D eigenvalue weighted by Crippen LogP contribution is 2.53. The maximum absolute atomic E-state index is 11.9. The summed E-state index contributed by atoms with van der Waals surface area (Å²) in [6, 6.07) is 11.1. The zero-order valence-corrected chi connectivity index (χ0v) is 10.3. The number of hydrogen-bond donors (Lipinski definition) is 1. The Kier molecular flexibility index (Phi) is 2.72. The quantitative estimate of drug-likeness (QED) is 0.860. The van der Waals surface area contributed by atoms with Crippen LogP contribution in [0.3, 0.4) is 0 Å². The van der Waals surface area contributed by atoms with Crippen LogP contribution in [-0.4, -0.2) is 25.0 Å². The van der Waals surface area contributed by atoms with E-state index in [-0.39, 0.29) is 5.75 Å². The van der Waals surface area contributed by atoms with Crippen molar-refractivity contribution in [3.63, 3.8) is 0 Å². The molecule has 17 heavy (non-hydrogen) atoms. The smallest absolute Gasteiger partial charge is 0.156 e. The number of rotatable bonds is 3. The third-order valence-corrected chi connectivity index (χ3v) is 5.56. The molecular formula is C12H14N2O2S. The molecule has 4 nitrogen and oxygen atoms in total. The van der Waals surface area contributed by atoms with Gasteiger partial charge < -0.3 is 5.73 Å². The molecule has 0 heterocycles. The van der Waals surface area contributed by atoms with Gasteiger partial charge in [-0.1, -0.05) is 37.3 Å². The van der Waals surface area contributed by atoms with Crippen LogP contribution in [0.2, 0.25) is 0 Å². The lowest BCUT2D eigenvalue weighted by Crippen LogP contribution is -2.29. The zero-order chi connectivity index (χ0) is 12.7. The van der Waals surface area contributed by atoms with Crippen molar-refractivity contribution in [1.29, 1.82) is 5.26 Å². The predicted octanol–water partition coefficient (Wildman–Crippen LogP) is 0.808. The van der Waals surface area contributed by atoms with E-state index in [9.17, 15) is 8.42 Å². The second-order valence-corrected chi connectivity index (χ2v) is 6.72. The summed E-state index contributed by atoms with van der Waals surface area (Å²) in [7, 11) is -3.29. The lowest BCUT2D eigenvalue weighted by molar-refractivity contribution is 0.593. The topological polar surface area (TPSA) is 83.9 Å². The minimum atomic E-state index is -3.29. The Balaban J connectivity index is 2.42. The van der Waals surface area contributed by atoms with E-state index < -0.39 is 26.5 Å². The summed E-state index contributed by atoms with van der Waals surface area (Å²) in [6.45, 7) is 1.58. The van der Waals surface area contributed by atoms with Gasteiger partial charge in [0, 0.05) is 11.7 Å². The van der Waals surface area contributed by atoms with Gasteiger partial charge in [0.1, 0.15) is 10.8 Å². The van der Waals surface area contributed by atoms with Gasteiger partial charge >= 0.3 is 0 Å². The van der Waals surface area contributed by atoms with Gasteiger partial charge in [0.25, 0.3) is 0 Å². The molecule has 0 amide bonds. The summed E-state index contributed by atoms with van der Waals surface area (Å²) in [6.07, 6.45) is 0. The predicted molar refractivity (Wildman–Crippen MR) is 65.0 cm³/mol. The molecule has 1 saturated carbocycles. The highest BCUT2D eigenvalue weighted by molar-refractivity contribution is 7.92. The molecule has 1 aromatic rings. The molecule has 0 saturated heterocycles. The van der Waals surface area contributed by atoms with E-state index in [0.29, 0.717) is 0 Å². The molecule has 5 heteroatoms. The normalized spacial score (nSPS) is 31.8. The Bertz CT molecular complexity index is 562. The molecular weight excluding hydrogens is 236 g/mol. The van der Waals surface area contributed by atoms with Gasteiger partial charge in [-0.2, -0.15) is 5.26 Å². The van der Waals surface area contributed by atoms with E-state index in [4.69, 9.17) is 11.0 Å². The first-order chi connectivity index (χ1) is 7.97. The largest absolute Gasteiger partial charge is 0.312 e. The first kappa shape index (κ1) is 12.1. The molecule has 0 radical (unpaired) electrons. The van der Waals surface area contributed by atoms with Gasteiger partial charge in [-0.15, -0.1) is 0 Å². The van der Waals surface area contributed by atoms with E-state index in [1.54, 1.807) is 6.92 Å². The third kappa shape index (κ3) is 1.74. The molecule has 2 N–H and O–H groups in total. The number of hydrogen-bond acceptors (Lipinski definition) is 4. The molecule has 90 valence electrons. The summed E-state index contributed by atoms with van der Waals surface area (Å²) in [5, 5.41) is 8.32. The minimum Gasteiger partial charge on any atom is -0.312 e. The van der Waals surface area contributed by atoms with Crippen molar-refractivity contribution in [1.82, 2.24) is 0 Å². The molecule has 0 unspecified atom stereocenters. The van der Waals surface area contributed by atoms with Crippen molar-refractivity contribution in [2.24, 2.45) is 5.73 Å². The van der Waals surface area contributed by atoms with Gasteiger partial charge in [-0.05, 0) is 5.56 Å². The van der Waals surface area contributed by atoms with Crippen LogP contribution in [0.25, 0.3) is 0 Å². The Hall–Kier alpha value is -1.38. The fourth-order valence-corrected chi connectivity index (χ4v) is 4.17. The zero-order valence-electron chi connectivity index (χ0n) is 9.50. The van der Waals surface area contributed by atoms with E-state index in [2.05, 4.69) is 0 Å². The average Bonchev–Trinajstić information content (AvgIpc) is 2.99. The Labute approximate surface area is 101 Å². The average molecular weight is 250 g/mol. The second kappa shape index (κ2) is 3.83. The van der Waals surface area contributed by atoms with Gasteiger partial charge in [0.2, 0.25) is 0 Å². The van der Waals surface area contributed by atoms with Crippen molar-refractivity contribution >= 4 is 9.84 Å². The molecule has 0 aromatic heterocycles. The molecule has 0 spiro atoms. The van der Waals surface area contributed by atoms with Crippen LogP contribution in [0, 0.1) is 11.3 Å². The highest BCUT2D eigenvalue weighted by Gasteiger charge is 2.69. The molecule has 3 atom stereocenters. The van der Waals surface area contributed by atoms with Crippen molar-refractivity contribution in [2.45, 2.75) is 23.6 Å². The first-order valence-corrected chi connectivity index (χ1v) is 7.15. The van der Waals surface area contributed by atoms with Crippen LogP contribution in [0.5, 0.6) is 0 Å². The Morgan fingerprint density at radius 2 is 2.00 bits per heavy atom. The van der Waals surface area contributed by atoms with E-state index in [1.165, 1.54) is 0 Å². The van der Waals surface area contributed by atoms with E-state index in [1.807, 2.05) is 36.4 Å². The van der Waals surface area contributed by atoms with Crippen LogP contribution >= 0.6 is 0 Å². The summed E-state index contributed by atoms with van der Waals surface area (Å²) in [4.78, 5) is 0. The van der Waals surface area contributed by atoms with Gasteiger partial charge in [-0.3, -0.25) is 0 Å². The third-order valence-electron chi connectivity index (χ3n) is 3.32. The van der Waals surface area contributed by atoms with Crippen molar-refractivity contribution in [2.75, 3.05) is 5.75 Å². The van der Waals surface area contributed by atoms with Crippen LogP contribution in [0.1, 0.15) is 18.4 Å². The van der Waals surface area contributed by atoms with E-state index in [0.717, 1.165) is 5.56 Å². The van der Waals surface area contributed by atoms with Crippen LogP contribution in [0.15, 0.2) is 30.3 Å². The van der Waals surface area contributed by atoms with Crippen molar-refractivity contribution in [3.05, 3.63) is 35.9 Å². The molecule has 1 aromatic carbocycles. The summed E-state index contributed by atoms with van der Waals surface area (Å²) in [5.74, 6) is -0.389. The van der Waals surface area contributed by atoms with Gasteiger partial charge in [-0.25, -0.2) is 8.42 Å².